The summed E-state index contributed by atoms with van der Waals surface area (Å²) in [6.45, 7) is 0.324. The van der Waals surface area contributed by atoms with Crippen molar-refractivity contribution in [2.75, 3.05) is 6.61 Å². The maximum absolute atomic E-state index is 11.3. The van der Waals surface area contributed by atoms with Gasteiger partial charge in [0.05, 0.1) is 16.7 Å². The molecule has 0 aliphatic heterocycles. The molecule has 118 valence electrons. The minimum atomic E-state index is -3.94. The number of aliphatic carboxylic acids is 1. The third-order valence-corrected chi connectivity index (χ3v) is 4.26. The van der Waals surface area contributed by atoms with Crippen LogP contribution in [0.3, 0.4) is 0 Å². The van der Waals surface area contributed by atoms with E-state index in [1.807, 2.05) is 0 Å². The van der Waals surface area contributed by atoms with Gasteiger partial charge < -0.3 is 9.84 Å². The molecular formula is C12H15Cl2NO5S. The average molecular weight is 356 g/mol. The van der Waals surface area contributed by atoms with Crippen molar-refractivity contribution in [1.82, 2.24) is 0 Å². The van der Waals surface area contributed by atoms with E-state index in [-0.39, 0.29) is 27.1 Å². The fraction of sp³-hybridized carbons (Fsp3) is 0.417. The van der Waals surface area contributed by atoms with Crippen LogP contribution in [0.2, 0.25) is 10.0 Å². The third kappa shape index (κ3) is 6.09. The van der Waals surface area contributed by atoms with Crippen molar-refractivity contribution in [2.24, 2.45) is 5.14 Å². The molecule has 0 saturated heterocycles. The Kier molecular flexibility index (Phi) is 6.73. The quantitative estimate of drug-likeness (QED) is 0.697. The van der Waals surface area contributed by atoms with Crippen LogP contribution in [-0.4, -0.2) is 26.1 Å². The molecule has 1 aromatic rings. The van der Waals surface area contributed by atoms with E-state index < -0.39 is 16.0 Å². The van der Waals surface area contributed by atoms with E-state index in [1.54, 1.807) is 0 Å². The number of hydrogen-bond donors (Lipinski definition) is 2. The summed E-state index contributed by atoms with van der Waals surface area (Å²) in [6.07, 6.45) is 2.04. The van der Waals surface area contributed by atoms with Crippen LogP contribution in [0, 0.1) is 0 Å². The molecule has 1 aromatic carbocycles. The van der Waals surface area contributed by atoms with E-state index in [4.69, 9.17) is 38.2 Å². The monoisotopic (exact) mass is 355 g/mol. The predicted octanol–water partition coefficient (Wildman–Crippen LogP) is 2.66. The number of halogens is 2. The Morgan fingerprint density at radius 3 is 2.43 bits per heavy atom. The highest BCUT2D eigenvalue weighted by Gasteiger charge is 2.16. The lowest BCUT2D eigenvalue weighted by atomic mass is 10.2. The van der Waals surface area contributed by atoms with Crippen molar-refractivity contribution in [3.05, 3.63) is 22.2 Å². The molecule has 0 spiro atoms. The number of ether oxygens (including phenoxy) is 1. The largest absolute Gasteiger partial charge is 0.492 e. The zero-order valence-electron chi connectivity index (χ0n) is 11.0. The van der Waals surface area contributed by atoms with Crippen LogP contribution in [0.1, 0.15) is 25.7 Å². The zero-order chi connectivity index (χ0) is 16.0. The molecule has 0 aliphatic rings. The van der Waals surface area contributed by atoms with Crippen LogP contribution in [-0.2, 0) is 14.8 Å². The molecule has 1 rings (SSSR count). The first-order valence-electron chi connectivity index (χ1n) is 6.08. The maximum atomic E-state index is 11.3. The predicted molar refractivity (Wildman–Crippen MR) is 79.4 cm³/mol. The summed E-state index contributed by atoms with van der Waals surface area (Å²) in [7, 11) is -3.94. The number of carboxylic acid groups (broad SMARTS) is 1. The minimum Gasteiger partial charge on any atom is -0.492 e. The molecule has 3 N–H and O–H groups in total. The fourth-order valence-corrected chi connectivity index (χ4v) is 2.95. The van der Waals surface area contributed by atoms with Gasteiger partial charge in [-0.05, 0) is 25.3 Å². The number of hydrogen-bond acceptors (Lipinski definition) is 4. The van der Waals surface area contributed by atoms with Gasteiger partial charge in [-0.25, -0.2) is 13.6 Å². The molecule has 0 heterocycles. The summed E-state index contributed by atoms with van der Waals surface area (Å²) in [4.78, 5) is 10.1. The van der Waals surface area contributed by atoms with E-state index in [2.05, 4.69) is 0 Å². The lowest BCUT2D eigenvalue weighted by molar-refractivity contribution is -0.137. The van der Waals surface area contributed by atoms with Crippen molar-refractivity contribution in [3.8, 4) is 5.75 Å². The summed E-state index contributed by atoms with van der Waals surface area (Å²) in [5, 5.41) is 13.5. The van der Waals surface area contributed by atoms with Crippen LogP contribution in [0.4, 0.5) is 0 Å². The van der Waals surface area contributed by atoms with E-state index in [0.717, 1.165) is 6.07 Å². The van der Waals surface area contributed by atoms with Crippen LogP contribution in [0.25, 0.3) is 0 Å². The molecule has 0 radical (unpaired) electrons. The highest BCUT2D eigenvalue weighted by atomic mass is 35.5. The Labute approximate surface area is 132 Å². The number of nitrogens with two attached hydrogens (primary N) is 1. The first-order valence-corrected chi connectivity index (χ1v) is 8.38. The standard InChI is InChI=1S/C12H15Cl2NO5S/c13-8-7-11(21(15,18)19)9(14)6-10(8)20-5-3-1-2-4-12(16)17/h6-7H,1-5H2,(H,16,17)(H2,15,18,19). The van der Waals surface area contributed by atoms with E-state index >= 15 is 0 Å². The summed E-state index contributed by atoms with van der Waals surface area (Å²) in [5.74, 6) is -0.573. The highest BCUT2D eigenvalue weighted by Crippen LogP contribution is 2.33. The second kappa shape index (κ2) is 7.84. The van der Waals surface area contributed by atoms with Gasteiger partial charge in [-0.15, -0.1) is 0 Å². The SMILES string of the molecule is NS(=O)(=O)c1cc(Cl)c(OCCCCCC(=O)O)cc1Cl. The molecule has 6 nitrogen and oxygen atoms in total. The first-order chi connectivity index (χ1) is 9.71. The number of sulfonamides is 1. The van der Waals surface area contributed by atoms with Crippen molar-refractivity contribution in [3.63, 3.8) is 0 Å². The van der Waals surface area contributed by atoms with Gasteiger partial charge >= 0.3 is 5.97 Å². The van der Waals surface area contributed by atoms with Crippen molar-refractivity contribution in [1.29, 1.82) is 0 Å². The fourth-order valence-electron chi connectivity index (χ4n) is 1.58. The molecule has 0 unspecified atom stereocenters. The Morgan fingerprint density at radius 2 is 1.86 bits per heavy atom. The number of carbonyl (C=O) groups is 1. The minimum absolute atomic E-state index is 0.0669. The Bertz CT molecular complexity index is 618. The second-order valence-corrected chi connectivity index (χ2v) is 6.66. The van der Waals surface area contributed by atoms with E-state index in [9.17, 15) is 13.2 Å². The number of primary sulfonamides is 1. The molecule has 9 heteroatoms. The number of carboxylic acids is 1. The zero-order valence-corrected chi connectivity index (χ0v) is 13.3. The smallest absolute Gasteiger partial charge is 0.303 e. The van der Waals surface area contributed by atoms with Crippen molar-refractivity contribution < 1.29 is 23.1 Å². The molecule has 21 heavy (non-hydrogen) atoms. The molecule has 0 saturated carbocycles. The van der Waals surface area contributed by atoms with Crippen molar-refractivity contribution >= 4 is 39.2 Å². The summed E-state index contributed by atoms with van der Waals surface area (Å²) < 4.78 is 27.9. The number of benzene rings is 1. The van der Waals surface area contributed by atoms with Crippen LogP contribution in [0.5, 0.6) is 5.75 Å². The Morgan fingerprint density at radius 1 is 1.19 bits per heavy atom. The van der Waals surface area contributed by atoms with Gasteiger partial charge in [0.15, 0.2) is 0 Å². The molecular weight excluding hydrogens is 341 g/mol. The normalized spacial score (nSPS) is 11.4. The van der Waals surface area contributed by atoms with Gasteiger partial charge in [0.25, 0.3) is 0 Å². The summed E-state index contributed by atoms with van der Waals surface area (Å²) >= 11 is 11.7. The Hall–Kier alpha value is -1.02. The first kappa shape index (κ1) is 18.0. The van der Waals surface area contributed by atoms with E-state index in [0.29, 0.717) is 25.9 Å². The number of unbranched alkanes of at least 4 members (excludes halogenated alkanes) is 2. The molecule has 0 fully saturated rings. The Balaban J connectivity index is 2.57. The van der Waals surface area contributed by atoms with Crippen LogP contribution in [0.15, 0.2) is 17.0 Å². The lowest BCUT2D eigenvalue weighted by Crippen LogP contribution is -2.13. The van der Waals surface area contributed by atoms with Gasteiger partial charge in [0.1, 0.15) is 10.6 Å². The molecule has 0 bridgehead atoms. The topological polar surface area (TPSA) is 107 Å². The maximum Gasteiger partial charge on any atom is 0.303 e. The van der Waals surface area contributed by atoms with Gasteiger partial charge in [-0.2, -0.15) is 0 Å². The van der Waals surface area contributed by atoms with Crippen LogP contribution < -0.4 is 9.88 Å². The van der Waals surface area contributed by atoms with E-state index in [1.165, 1.54) is 6.07 Å². The average Bonchev–Trinajstić information content (AvgIpc) is 2.35. The highest BCUT2D eigenvalue weighted by molar-refractivity contribution is 7.89. The second-order valence-electron chi connectivity index (χ2n) is 4.31. The number of rotatable bonds is 8. The molecule has 0 amide bonds. The molecule has 0 aromatic heterocycles. The van der Waals surface area contributed by atoms with Crippen LogP contribution >= 0.6 is 23.2 Å². The summed E-state index contributed by atoms with van der Waals surface area (Å²) in [5.41, 5.74) is 0. The lowest BCUT2D eigenvalue weighted by Gasteiger charge is -2.10. The van der Waals surface area contributed by atoms with Gasteiger partial charge in [0.2, 0.25) is 10.0 Å². The molecule has 0 atom stereocenters. The van der Waals surface area contributed by atoms with Crippen molar-refractivity contribution in [2.45, 2.75) is 30.6 Å². The van der Waals surface area contributed by atoms with Gasteiger partial charge in [-0.1, -0.05) is 23.2 Å². The summed E-state index contributed by atoms with van der Waals surface area (Å²) in [6, 6.07) is 2.43. The molecule has 0 aliphatic carbocycles. The third-order valence-electron chi connectivity index (χ3n) is 2.59. The van der Waals surface area contributed by atoms with Gasteiger partial charge in [0, 0.05) is 12.5 Å². The van der Waals surface area contributed by atoms with Gasteiger partial charge in [-0.3, -0.25) is 4.79 Å².